The second-order valence-corrected chi connectivity index (χ2v) is 5.69. The molecule has 0 radical (unpaired) electrons. The van der Waals surface area contributed by atoms with Gasteiger partial charge < -0.3 is 16.8 Å². The van der Waals surface area contributed by atoms with E-state index in [2.05, 4.69) is 18.3 Å². The van der Waals surface area contributed by atoms with Gasteiger partial charge in [-0.2, -0.15) is 0 Å². The van der Waals surface area contributed by atoms with E-state index in [1.54, 1.807) is 12.2 Å². The molecule has 0 bridgehead atoms. The van der Waals surface area contributed by atoms with Gasteiger partial charge in [0.25, 0.3) is 0 Å². The fourth-order valence-corrected chi connectivity index (χ4v) is 2.29. The molecule has 1 aliphatic carbocycles. The number of carbonyl (C=O) groups excluding carboxylic acids is 1. The van der Waals surface area contributed by atoms with Crippen LogP contribution in [-0.4, -0.2) is 5.91 Å². The summed E-state index contributed by atoms with van der Waals surface area (Å²) in [6, 6.07) is 0. The second kappa shape index (κ2) is 10.7. The van der Waals surface area contributed by atoms with E-state index in [0.29, 0.717) is 12.2 Å². The van der Waals surface area contributed by atoms with Crippen molar-refractivity contribution in [2.75, 3.05) is 0 Å². The van der Waals surface area contributed by atoms with Crippen molar-refractivity contribution in [1.82, 2.24) is 5.32 Å². The van der Waals surface area contributed by atoms with Crippen molar-refractivity contribution in [3.63, 3.8) is 0 Å². The van der Waals surface area contributed by atoms with Gasteiger partial charge >= 0.3 is 0 Å². The third kappa shape index (κ3) is 8.35. The maximum absolute atomic E-state index is 11.9. The monoisotopic (exact) mass is 303 g/mol. The lowest BCUT2D eigenvalue weighted by Crippen LogP contribution is -2.27. The minimum atomic E-state index is -0.0785. The lowest BCUT2D eigenvalue weighted by Gasteiger charge is -2.09. The van der Waals surface area contributed by atoms with Crippen molar-refractivity contribution in [2.24, 2.45) is 11.5 Å². The van der Waals surface area contributed by atoms with Crippen LogP contribution in [0.4, 0.5) is 0 Å². The molecule has 5 N–H and O–H groups in total. The first-order valence-corrected chi connectivity index (χ1v) is 8.18. The Morgan fingerprint density at radius 1 is 1.27 bits per heavy atom. The van der Waals surface area contributed by atoms with E-state index in [4.69, 9.17) is 11.5 Å². The van der Waals surface area contributed by atoms with E-state index in [1.807, 2.05) is 12.2 Å². The van der Waals surface area contributed by atoms with Crippen LogP contribution in [0.25, 0.3) is 0 Å². The van der Waals surface area contributed by atoms with Crippen molar-refractivity contribution in [3.8, 4) is 0 Å². The molecule has 0 spiro atoms. The van der Waals surface area contributed by atoms with E-state index in [0.717, 1.165) is 37.0 Å². The van der Waals surface area contributed by atoms with Crippen LogP contribution >= 0.6 is 0 Å². The predicted octanol–water partition coefficient (Wildman–Crippen LogP) is 3.38. The fourth-order valence-electron chi connectivity index (χ4n) is 2.29. The molecule has 0 aromatic carbocycles. The summed E-state index contributed by atoms with van der Waals surface area (Å²) in [4.78, 5) is 11.9. The highest BCUT2D eigenvalue weighted by atomic mass is 16.1. The van der Waals surface area contributed by atoms with Gasteiger partial charge in [0.05, 0.1) is 0 Å². The normalized spacial score (nSPS) is 15.6. The molecule has 0 unspecified atom stereocenters. The summed E-state index contributed by atoms with van der Waals surface area (Å²) in [6.07, 6.45) is 17.5. The number of amides is 1. The molecular weight excluding hydrogens is 274 g/mol. The minimum Gasteiger partial charge on any atom is -0.402 e. The molecule has 0 saturated carbocycles. The number of carbonyl (C=O) groups is 1. The Balaban J connectivity index is 2.32. The number of hydrogen-bond donors (Lipinski definition) is 3. The van der Waals surface area contributed by atoms with Crippen molar-refractivity contribution in [3.05, 3.63) is 47.5 Å². The lowest BCUT2D eigenvalue weighted by atomic mass is 10.0. The first-order chi connectivity index (χ1) is 10.6. The summed E-state index contributed by atoms with van der Waals surface area (Å²) in [5, 5.41) is 2.69. The molecule has 0 aliphatic heterocycles. The summed E-state index contributed by atoms with van der Waals surface area (Å²) >= 11 is 0. The van der Waals surface area contributed by atoms with E-state index < -0.39 is 0 Å². The quantitative estimate of drug-likeness (QED) is 0.451. The van der Waals surface area contributed by atoms with Gasteiger partial charge in [-0.15, -0.1) is 0 Å². The van der Waals surface area contributed by atoms with Crippen LogP contribution in [0.5, 0.6) is 0 Å². The number of rotatable bonds is 9. The van der Waals surface area contributed by atoms with E-state index in [-0.39, 0.29) is 5.91 Å². The molecule has 0 saturated heterocycles. The molecule has 0 heterocycles. The van der Waals surface area contributed by atoms with Gasteiger partial charge in [0.1, 0.15) is 5.82 Å². The van der Waals surface area contributed by atoms with Gasteiger partial charge in [-0.1, -0.05) is 50.0 Å². The molecular formula is C18H29N3O. The zero-order chi connectivity index (χ0) is 16.2. The molecule has 0 fully saturated rings. The fraction of sp³-hybridized carbons (Fsp3) is 0.500. The summed E-state index contributed by atoms with van der Waals surface area (Å²) < 4.78 is 0. The third-order valence-corrected chi connectivity index (χ3v) is 3.57. The molecule has 0 aromatic rings. The Kier molecular flexibility index (Phi) is 8.80. The highest BCUT2D eigenvalue weighted by Gasteiger charge is 2.07. The van der Waals surface area contributed by atoms with Crippen molar-refractivity contribution < 1.29 is 4.79 Å². The predicted molar refractivity (Wildman–Crippen MR) is 92.5 cm³/mol. The van der Waals surface area contributed by atoms with Gasteiger partial charge in [0.15, 0.2) is 0 Å². The molecule has 22 heavy (non-hydrogen) atoms. The lowest BCUT2D eigenvalue weighted by molar-refractivity contribution is -0.119. The number of allylic oxidation sites excluding steroid dienone is 6. The van der Waals surface area contributed by atoms with E-state index in [9.17, 15) is 4.79 Å². The van der Waals surface area contributed by atoms with Crippen LogP contribution in [0.1, 0.15) is 58.3 Å². The van der Waals surface area contributed by atoms with Crippen molar-refractivity contribution >= 4 is 5.91 Å². The highest BCUT2D eigenvalue weighted by Crippen LogP contribution is 2.15. The molecule has 1 rings (SSSR count). The Morgan fingerprint density at radius 3 is 2.77 bits per heavy atom. The highest BCUT2D eigenvalue weighted by molar-refractivity contribution is 5.80. The Hall–Kier alpha value is -1.97. The van der Waals surface area contributed by atoms with Gasteiger partial charge in [0, 0.05) is 12.1 Å². The zero-order valence-electron chi connectivity index (χ0n) is 13.6. The second-order valence-electron chi connectivity index (χ2n) is 5.69. The Labute approximate surface area is 134 Å². The van der Waals surface area contributed by atoms with E-state index in [1.165, 1.54) is 19.3 Å². The van der Waals surface area contributed by atoms with Crippen LogP contribution in [0.15, 0.2) is 47.5 Å². The number of unbranched alkanes of at least 4 members (excludes halogenated alkanes) is 3. The van der Waals surface area contributed by atoms with E-state index >= 15 is 0 Å². The maximum atomic E-state index is 11.9. The largest absolute Gasteiger partial charge is 0.402 e. The average molecular weight is 303 g/mol. The first-order valence-electron chi connectivity index (χ1n) is 8.18. The number of nitrogens with two attached hydrogens (primary N) is 2. The Bertz CT molecular complexity index is 473. The van der Waals surface area contributed by atoms with Crippen molar-refractivity contribution in [1.29, 1.82) is 0 Å². The first kappa shape index (κ1) is 18.1. The van der Waals surface area contributed by atoms with Crippen LogP contribution in [0.3, 0.4) is 0 Å². The number of hydrogen-bond acceptors (Lipinski definition) is 3. The zero-order valence-corrected chi connectivity index (χ0v) is 13.6. The molecule has 1 aliphatic rings. The number of nitrogens with one attached hydrogen (secondary N) is 1. The van der Waals surface area contributed by atoms with Crippen LogP contribution in [-0.2, 0) is 4.79 Å². The molecule has 0 atom stereocenters. The van der Waals surface area contributed by atoms with Crippen LogP contribution in [0.2, 0.25) is 0 Å². The van der Waals surface area contributed by atoms with Gasteiger partial charge in [-0.25, -0.2) is 0 Å². The summed E-state index contributed by atoms with van der Waals surface area (Å²) in [5.74, 6) is 0.263. The Morgan fingerprint density at radius 2 is 2.09 bits per heavy atom. The van der Waals surface area contributed by atoms with Gasteiger partial charge in [-0.3, -0.25) is 4.79 Å². The average Bonchev–Trinajstić information content (AvgIpc) is 2.50. The summed E-state index contributed by atoms with van der Waals surface area (Å²) in [7, 11) is 0. The summed E-state index contributed by atoms with van der Waals surface area (Å²) in [6.45, 7) is 2.19. The standard InChI is InChI=1S/C18H29N3O/c1-2-3-4-8-11-16(19)12-13-17(20)21-18(22)14-15-9-6-5-7-10-15/h5-6,9,12-13H,2-4,7-8,10-11,14,19-20H2,1H3,(H,21,22)/b16-12-,17-13+. The van der Waals surface area contributed by atoms with Crippen LogP contribution < -0.4 is 16.8 Å². The summed E-state index contributed by atoms with van der Waals surface area (Å²) in [5.41, 5.74) is 13.7. The molecule has 1 amide bonds. The molecule has 0 aromatic heterocycles. The SMILES string of the molecule is CCCCCC/C(N)=C/C=C(\N)NC(=O)CC1=CC=CCC1. The third-order valence-electron chi connectivity index (χ3n) is 3.57. The van der Waals surface area contributed by atoms with Crippen LogP contribution in [0, 0.1) is 0 Å². The molecule has 122 valence electrons. The molecule has 4 heteroatoms. The smallest absolute Gasteiger partial charge is 0.229 e. The van der Waals surface area contributed by atoms with Gasteiger partial charge in [0.2, 0.25) is 5.91 Å². The topological polar surface area (TPSA) is 81.1 Å². The minimum absolute atomic E-state index is 0.0785. The molecule has 4 nitrogen and oxygen atoms in total. The maximum Gasteiger partial charge on any atom is 0.229 e. The van der Waals surface area contributed by atoms with Crippen molar-refractivity contribution in [2.45, 2.75) is 58.3 Å². The van der Waals surface area contributed by atoms with Gasteiger partial charge in [-0.05, 0) is 37.8 Å².